The highest BCUT2D eigenvalue weighted by molar-refractivity contribution is 5.77. The molecule has 0 bridgehead atoms. The summed E-state index contributed by atoms with van der Waals surface area (Å²) in [6.45, 7) is 8.17. The smallest absolute Gasteiger partial charge is 0.220 e. The van der Waals surface area contributed by atoms with E-state index in [-0.39, 0.29) is 5.91 Å². The molecule has 0 aliphatic carbocycles. The number of nitrogens with one attached hydrogen (secondary N) is 1. The lowest BCUT2D eigenvalue weighted by atomic mass is 9.99. The van der Waals surface area contributed by atoms with E-state index in [1.54, 1.807) is 0 Å². The maximum absolute atomic E-state index is 11.6. The number of aryl methyl sites for hydroxylation is 1. The molecule has 5 heteroatoms. The van der Waals surface area contributed by atoms with E-state index in [4.69, 9.17) is 9.72 Å². The molecule has 3 aromatic rings. The molecular weight excluding hydrogens is 362 g/mol. The van der Waals surface area contributed by atoms with Gasteiger partial charge >= 0.3 is 0 Å². The van der Waals surface area contributed by atoms with Gasteiger partial charge in [-0.15, -0.1) is 0 Å². The van der Waals surface area contributed by atoms with Crippen LogP contribution in [0.3, 0.4) is 0 Å². The van der Waals surface area contributed by atoms with Crippen molar-refractivity contribution in [1.29, 1.82) is 0 Å². The molecule has 0 aliphatic rings. The predicted octanol–water partition coefficient (Wildman–Crippen LogP) is 5.05. The van der Waals surface area contributed by atoms with E-state index in [1.165, 1.54) is 5.56 Å². The fourth-order valence-electron chi connectivity index (χ4n) is 3.35. The van der Waals surface area contributed by atoms with Crippen LogP contribution < -0.4 is 10.1 Å². The lowest BCUT2D eigenvalue weighted by Crippen LogP contribution is -2.23. The predicted molar refractivity (Wildman–Crippen MR) is 117 cm³/mol. The number of nitrogens with zero attached hydrogens (tertiary/aromatic N) is 2. The van der Waals surface area contributed by atoms with Crippen molar-refractivity contribution in [2.45, 2.75) is 59.0 Å². The maximum atomic E-state index is 11.6. The van der Waals surface area contributed by atoms with Crippen molar-refractivity contribution < 1.29 is 9.53 Å². The van der Waals surface area contributed by atoms with Crippen molar-refractivity contribution in [3.63, 3.8) is 0 Å². The number of hydrogen-bond acceptors (Lipinski definition) is 3. The van der Waals surface area contributed by atoms with Crippen LogP contribution in [0.1, 0.15) is 57.3 Å². The van der Waals surface area contributed by atoms with Crippen LogP contribution in [0.15, 0.2) is 48.5 Å². The monoisotopic (exact) mass is 393 g/mol. The van der Waals surface area contributed by atoms with Crippen molar-refractivity contribution in [3.8, 4) is 5.75 Å². The summed E-state index contributed by atoms with van der Waals surface area (Å²) in [6.07, 6.45) is 2.48. The van der Waals surface area contributed by atoms with Gasteiger partial charge < -0.3 is 14.6 Å². The quantitative estimate of drug-likeness (QED) is 0.491. The number of carbonyl (C=O) groups is 1. The highest BCUT2D eigenvalue weighted by atomic mass is 16.5. The fourth-order valence-corrected chi connectivity index (χ4v) is 3.35. The zero-order chi connectivity index (χ0) is 20.6. The third-order valence-electron chi connectivity index (χ3n) is 5.35. The number of amides is 1. The molecule has 1 atom stereocenters. The summed E-state index contributed by atoms with van der Waals surface area (Å²) in [7, 11) is 0. The van der Waals surface area contributed by atoms with Gasteiger partial charge in [0.05, 0.1) is 24.2 Å². The standard InChI is InChI=1S/C24H31N3O2/c1-4-18(3)19-11-13-20(14-12-19)29-16-8-15-27-22-10-7-6-9-21(22)26-23(27)17-25-24(28)5-2/h6-7,9-14,18H,4-5,8,15-17H2,1-3H3,(H,25,28). The molecule has 1 heterocycles. The molecule has 1 aromatic heterocycles. The Kier molecular flexibility index (Phi) is 7.28. The minimum atomic E-state index is 0.0350. The Morgan fingerprint density at radius 1 is 1.14 bits per heavy atom. The SMILES string of the molecule is CCC(=O)NCc1nc2ccccc2n1CCCOc1ccc(C(C)CC)cc1. The molecule has 1 unspecified atom stereocenters. The summed E-state index contributed by atoms with van der Waals surface area (Å²) in [4.78, 5) is 16.3. The van der Waals surface area contributed by atoms with Gasteiger partial charge in [0.2, 0.25) is 5.91 Å². The molecule has 0 radical (unpaired) electrons. The number of hydrogen-bond donors (Lipinski definition) is 1. The number of rotatable bonds is 10. The molecule has 0 aliphatic heterocycles. The molecule has 1 N–H and O–H groups in total. The first-order valence-corrected chi connectivity index (χ1v) is 10.6. The van der Waals surface area contributed by atoms with Crippen molar-refractivity contribution in [1.82, 2.24) is 14.9 Å². The number of imidazole rings is 1. The van der Waals surface area contributed by atoms with Gasteiger partial charge in [-0.2, -0.15) is 0 Å². The molecule has 2 aromatic carbocycles. The van der Waals surface area contributed by atoms with E-state index in [0.717, 1.165) is 42.0 Å². The van der Waals surface area contributed by atoms with Gasteiger partial charge in [0.1, 0.15) is 11.6 Å². The van der Waals surface area contributed by atoms with Gasteiger partial charge in [-0.05, 0) is 48.6 Å². The molecule has 0 fully saturated rings. The zero-order valence-corrected chi connectivity index (χ0v) is 17.6. The van der Waals surface area contributed by atoms with E-state index in [2.05, 4.69) is 54.1 Å². The molecule has 1 amide bonds. The number of benzene rings is 2. The molecule has 5 nitrogen and oxygen atoms in total. The lowest BCUT2D eigenvalue weighted by Gasteiger charge is -2.12. The Hall–Kier alpha value is -2.82. The van der Waals surface area contributed by atoms with Crippen molar-refractivity contribution in [3.05, 3.63) is 59.9 Å². The van der Waals surface area contributed by atoms with E-state index < -0.39 is 0 Å². The third kappa shape index (κ3) is 5.37. The Morgan fingerprint density at radius 2 is 1.90 bits per heavy atom. The van der Waals surface area contributed by atoms with Crippen molar-refractivity contribution >= 4 is 16.9 Å². The van der Waals surface area contributed by atoms with E-state index in [1.807, 2.05) is 25.1 Å². The first-order valence-electron chi connectivity index (χ1n) is 10.6. The van der Waals surface area contributed by atoms with Gasteiger partial charge in [-0.25, -0.2) is 4.98 Å². The van der Waals surface area contributed by atoms with Gasteiger partial charge in [0, 0.05) is 13.0 Å². The summed E-state index contributed by atoms with van der Waals surface area (Å²) < 4.78 is 8.12. The van der Waals surface area contributed by atoms with Gasteiger partial charge in [-0.3, -0.25) is 4.79 Å². The normalized spacial score (nSPS) is 12.1. The van der Waals surface area contributed by atoms with Crippen LogP contribution in [-0.4, -0.2) is 22.1 Å². The summed E-state index contributed by atoms with van der Waals surface area (Å²) >= 11 is 0. The third-order valence-corrected chi connectivity index (χ3v) is 5.35. The second-order valence-corrected chi connectivity index (χ2v) is 7.38. The summed E-state index contributed by atoms with van der Waals surface area (Å²) in [5.41, 5.74) is 3.39. The van der Waals surface area contributed by atoms with Crippen LogP contribution >= 0.6 is 0 Å². The van der Waals surface area contributed by atoms with Crippen LogP contribution in [0.25, 0.3) is 11.0 Å². The first-order chi connectivity index (χ1) is 14.1. The number of para-hydroxylation sites is 2. The topological polar surface area (TPSA) is 56.2 Å². The van der Waals surface area contributed by atoms with Gasteiger partial charge in [0.15, 0.2) is 0 Å². The average molecular weight is 394 g/mol. The van der Waals surface area contributed by atoms with Crippen LogP contribution in [-0.2, 0) is 17.9 Å². The number of aromatic nitrogens is 2. The molecule has 29 heavy (non-hydrogen) atoms. The van der Waals surface area contributed by atoms with Crippen LogP contribution in [0.2, 0.25) is 0 Å². The van der Waals surface area contributed by atoms with Crippen molar-refractivity contribution in [2.75, 3.05) is 6.61 Å². The minimum absolute atomic E-state index is 0.0350. The van der Waals surface area contributed by atoms with E-state index in [9.17, 15) is 4.79 Å². The molecule has 0 spiro atoms. The first kappa shape index (κ1) is 20.9. The van der Waals surface area contributed by atoms with Gasteiger partial charge in [-0.1, -0.05) is 45.0 Å². The maximum Gasteiger partial charge on any atom is 0.220 e. The summed E-state index contributed by atoms with van der Waals surface area (Å²) in [5, 5.41) is 2.93. The second kappa shape index (κ2) is 10.1. The van der Waals surface area contributed by atoms with E-state index in [0.29, 0.717) is 25.5 Å². The van der Waals surface area contributed by atoms with Gasteiger partial charge in [0.25, 0.3) is 0 Å². The fraction of sp³-hybridized carbons (Fsp3) is 0.417. The molecule has 0 saturated carbocycles. The van der Waals surface area contributed by atoms with Crippen LogP contribution in [0, 0.1) is 0 Å². The number of ether oxygens (including phenoxy) is 1. The Bertz CT molecular complexity index is 931. The largest absolute Gasteiger partial charge is 0.494 e. The highest BCUT2D eigenvalue weighted by Gasteiger charge is 2.11. The molecular formula is C24H31N3O2. The van der Waals surface area contributed by atoms with Crippen LogP contribution in [0.4, 0.5) is 0 Å². The van der Waals surface area contributed by atoms with Crippen molar-refractivity contribution in [2.24, 2.45) is 0 Å². The number of carbonyl (C=O) groups excluding carboxylic acids is 1. The highest BCUT2D eigenvalue weighted by Crippen LogP contribution is 2.22. The Morgan fingerprint density at radius 3 is 2.62 bits per heavy atom. The lowest BCUT2D eigenvalue weighted by molar-refractivity contribution is -0.120. The number of fused-ring (bicyclic) bond motifs is 1. The zero-order valence-electron chi connectivity index (χ0n) is 17.6. The Balaban J connectivity index is 1.60. The second-order valence-electron chi connectivity index (χ2n) is 7.38. The summed E-state index contributed by atoms with van der Waals surface area (Å²) in [6, 6.07) is 16.5. The van der Waals surface area contributed by atoms with E-state index >= 15 is 0 Å². The average Bonchev–Trinajstić information content (AvgIpc) is 3.12. The minimum Gasteiger partial charge on any atom is -0.494 e. The molecule has 3 rings (SSSR count). The molecule has 0 saturated heterocycles. The molecule has 154 valence electrons. The Labute approximate surface area is 173 Å². The van der Waals surface area contributed by atoms with Crippen LogP contribution in [0.5, 0.6) is 5.75 Å². The summed E-state index contributed by atoms with van der Waals surface area (Å²) in [5.74, 6) is 2.40.